The van der Waals surface area contributed by atoms with Crippen LogP contribution in [0.25, 0.3) is 10.9 Å². The molecule has 4 N–H and O–H groups in total. The predicted molar refractivity (Wildman–Crippen MR) is 96.7 cm³/mol. The van der Waals surface area contributed by atoms with E-state index in [2.05, 4.69) is 38.5 Å². The molecule has 0 aliphatic rings. The first-order chi connectivity index (χ1) is 10.3. The SMILES string of the molecule is Br.NC(=NCCc1cccc2[nH]ccc12)Nc1ccccn1. The number of H-pyrrole nitrogens is 1. The topological polar surface area (TPSA) is 79.1 Å². The second kappa shape index (κ2) is 7.61. The Labute approximate surface area is 139 Å². The summed E-state index contributed by atoms with van der Waals surface area (Å²) in [6.45, 7) is 0.635. The summed E-state index contributed by atoms with van der Waals surface area (Å²) in [6, 6.07) is 13.9. The van der Waals surface area contributed by atoms with E-state index in [9.17, 15) is 0 Å². The van der Waals surface area contributed by atoms with Gasteiger partial charge in [0.25, 0.3) is 0 Å². The van der Waals surface area contributed by atoms with Gasteiger partial charge in [-0.2, -0.15) is 0 Å². The number of rotatable bonds is 4. The molecular formula is C16H18BrN5. The van der Waals surface area contributed by atoms with Crippen molar-refractivity contribution in [2.75, 3.05) is 11.9 Å². The molecule has 0 spiro atoms. The van der Waals surface area contributed by atoms with Gasteiger partial charge in [0, 0.05) is 29.8 Å². The second-order valence-corrected chi connectivity index (χ2v) is 4.71. The average Bonchev–Trinajstić information content (AvgIpc) is 2.97. The summed E-state index contributed by atoms with van der Waals surface area (Å²) in [5.41, 5.74) is 8.27. The molecule has 0 fully saturated rings. The number of benzene rings is 1. The van der Waals surface area contributed by atoms with Crippen molar-refractivity contribution in [2.45, 2.75) is 6.42 Å². The highest BCUT2D eigenvalue weighted by atomic mass is 79.9. The lowest BCUT2D eigenvalue weighted by Crippen LogP contribution is -2.23. The number of aromatic nitrogens is 2. The summed E-state index contributed by atoms with van der Waals surface area (Å²) in [4.78, 5) is 11.7. The molecule has 6 heteroatoms. The van der Waals surface area contributed by atoms with Crippen LogP contribution >= 0.6 is 17.0 Å². The van der Waals surface area contributed by atoms with Crippen LogP contribution < -0.4 is 11.1 Å². The van der Waals surface area contributed by atoms with Gasteiger partial charge in [-0.05, 0) is 36.2 Å². The van der Waals surface area contributed by atoms with Gasteiger partial charge in [0.2, 0.25) is 0 Å². The van der Waals surface area contributed by atoms with Crippen molar-refractivity contribution in [3.63, 3.8) is 0 Å². The number of fused-ring (bicyclic) bond motifs is 1. The van der Waals surface area contributed by atoms with Gasteiger partial charge < -0.3 is 16.0 Å². The highest BCUT2D eigenvalue weighted by Crippen LogP contribution is 2.17. The largest absolute Gasteiger partial charge is 0.370 e. The molecule has 114 valence electrons. The molecule has 0 bridgehead atoms. The number of nitrogens with zero attached hydrogens (tertiary/aromatic N) is 2. The molecule has 0 aliphatic carbocycles. The summed E-state index contributed by atoms with van der Waals surface area (Å²) in [5.74, 6) is 1.08. The van der Waals surface area contributed by atoms with Crippen molar-refractivity contribution in [1.82, 2.24) is 9.97 Å². The van der Waals surface area contributed by atoms with Crippen molar-refractivity contribution in [3.05, 3.63) is 60.4 Å². The van der Waals surface area contributed by atoms with Crippen LogP contribution in [-0.2, 0) is 6.42 Å². The zero-order chi connectivity index (χ0) is 14.5. The molecule has 5 nitrogen and oxygen atoms in total. The molecule has 2 heterocycles. The highest BCUT2D eigenvalue weighted by molar-refractivity contribution is 8.93. The first-order valence-electron chi connectivity index (χ1n) is 6.86. The van der Waals surface area contributed by atoms with Gasteiger partial charge in [0.1, 0.15) is 5.82 Å². The van der Waals surface area contributed by atoms with Gasteiger partial charge in [-0.3, -0.25) is 4.99 Å². The molecule has 0 saturated heterocycles. The minimum Gasteiger partial charge on any atom is -0.370 e. The minimum absolute atomic E-state index is 0. The summed E-state index contributed by atoms with van der Waals surface area (Å²) in [7, 11) is 0. The maximum atomic E-state index is 5.86. The minimum atomic E-state index is 0. The predicted octanol–water partition coefficient (Wildman–Crippen LogP) is 3.11. The van der Waals surface area contributed by atoms with Crippen molar-refractivity contribution >= 4 is 39.7 Å². The normalized spacial score (nSPS) is 11.2. The van der Waals surface area contributed by atoms with E-state index in [1.54, 1.807) is 6.20 Å². The second-order valence-electron chi connectivity index (χ2n) is 4.71. The fourth-order valence-corrected chi connectivity index (χ4v) is 2.27. The molecule has 22 heavy (non-hydrogen) atoms. The zero-order valence-electron chi connectivity index (χ0n) is 12.0. The number of pyridine rings is 1. The molecule has 3 aromatic rings. The van der Waals surface area contributed by atoms with Gasteiger partial charge >= 0.3 is 0 Å². The van der Waals surface area contributed by atoms with E-state index in [-0.39, 0.29) is 17.0 Å². The lowest BCUT2D eigenvalue weighted by molar-refractivity contribution is 0.972. The maximum absolute atomic E-state index is 5.86. The molecule has 0 radical (unpaired) electrons. The third-order valence-corrected chi connectivity index (χ3v) is 3.27. The van der Waals surface area contributed by atoms with Crippen molar-refractivity contribution in [3.8, 4) is 0 Å². The van der Waals surface area contributed by atoms with Crippen LogP contribution in [0.3, 0.4) is 0 Å². The molecule has 0 atom stereocenters. The Bertz CT molecular complexity index is 751. The Morgan fingerprint density at radius 2 is 2.09 bits per heavy atom. The van der Waals surface area contributed by atoms with Crippen LogP contribution in [-0.4, -0.2) is 22.5 Å². The number of anilines is 1. The molecule has 0 saturated carbocycles. The smallest absolute Gasteiger partial charge is 0.194 e. The van der Waals surface area contributed by atoms with E-state index in [1.165, 1.54) is 10.9 Å². The van der Waals surface area contributed by atoms with E-state index in [0.717, 1.165) is 11.9 Å². The Morgan fingerprint density at radius 3 is 2.91 bits per heavy atom. The van der Waals surface area contributed by atoms with Crippen LogP contribution in [0.15, 0.2) is 59.9 Å². The van der Waals surface area contributed by atoms with Crippen molar-refractivity contribution in [1.29, 1.82) is 0 Å². The highest BCUT2D eigenvalue weighted by Gasteiger charge is 2.01. The van der Waals surface area contributed by atoms with Gasteiger partial charge in [0.15, 0.2) is 5.96 Å². The Balaban J connectivity index is 0.00000176. The van der Waals surface area contributed by atoms with Gasteiger partial charge in [-0.15, -0.1) is 17.0 Å². The number of guanidine groups is 1. The number of nitrogens with two attached hydrogens (primary N) is 1. The molecule has 1 aromatic carbocycles. The number of aliphatic imine (C=N–C) groups is 1. The van der Waals surface area contributed by atoms with Gasteiger partial charge in [-0.25, -0.2) is 4.98 Å². The van der Waals surface area contributed by atoms with Gasteiger partial charge in [0.05, 0.1) is 0 Å². The van der Waals surface area contributed by atoms with E-state index in [0.29, 0.717) is 18.3 Å². The monoisotopic (exact) mass is 359 g/mol. The standard InChI is InChI=1S/C16H17N5.BrH/c17-16(21-15-6-1-2-9-19-15)20-10-7-12-4-3-5-14-13(12)8-11-18-14;/h1-6,8-9,11,18H,7,10H2,(H3,17,19,20,21);1H. The first kappa shape index (κ1) is 16.0. The Kier molecular flexibility index (Phi) is 5.55. The summed E-state index contributed by atoms with van der Waals surface area (Å²) < 4.78 is 0. The number of hydrogen-bond acceptors (Lipinski definition) is 2. The molecular weight excluding hydrogens is 342 g/mol. The molecule has 0 amide bonds. The number of halogens is 1. The maximum Gasteiger partial charge on any atom is 0.194 e. The Morgan fingerprint density at radius 1 is 1.18 bits per heavy atom. The van der Waals surface area contributed by atoms with Crippen LogP contribution in [0.5, 0.6) is 0 Å². The summed E-state index contributed by atoms with van der Waals surface area (Å²) in [6.07, 6.45) is 4.51. The van der Waals surface area contributed by atoms with E-state index >= 15 is 0 Å². The van der Waals surface area contributed by atoms with Gasteiger partial charge in [-0.1, -0.05) is 18.2 Å². The van der Waals surface area contributed by atoms with E-state index in [4.69, 9.17) is 5.73 Å². The molecule has 0 unspecified atom stereocenters. The van der Waals surface area contributed by atoms with Crippen LogP contribution in [0, 0.1) is 0 Å². The summed E-state index contributed by atoms with van der Waals surface area (Å²) in [5, 5.41) is 4.21. The lowest BCUT2D eigenvalue weighted by atomic mass is 10.1. The number of nitrogens with one attached hydrogen (secondary N) is 2. The summed E-state index contributed by atoms with van der Waals surface area (Å²) >= 11 is 0. The number of aromatic amines is 1. The third-order valence-electron chi connectivity index (χ3n) is 3.27. The zero-order valence-corrected chi connectivity index (χ0v) is 13.7. The van der Waals surface area contributed by atoms with Crippen LogP contribution in [0.1, 0.15) is 5.56 Å². The van der Waals surface area contributed by atoms with Crippen LogP contribution in [0.4, 0.5) is 5.82 Å². The molecule has 3 rings (SSSR count). The van der Waals surface area contributed by atoms with E-state index in [1.807, 2.05) is 30.5 Å². The van der Waals surface area contributed by atoms with Crippen LogP contribution in [0.2, 0.25) is 0 Å². The van der Waals surface area contributed by atoms with E-state index < -0.39 is 0 Å². The van der Waals surface area contributed by atoms with Crippen molar-refractivity contribution < 1.29 is 0 Å². The molecule has 2 aromatic heterocycles. The number of hydrogen-bond donors (Lipinski definition) is 3. The Hall–Kier alpha value is -2.34. The third kappa shape index (κ3) is 3.85. The average molecular weight is 360 g/mol. The first-order valence-corrected chi connectivity index (χ1v) is 6.86. The lowest BCUT2D eigenvalue weighted by Gasteiger charge is -2.05. The fourth-order valence-electron chi connectivity index (χ4n) is 2.27. The fraction of sp³-hybridized carbons (Fsp3) is 0.125. The molecule has 0 aliphatic heterocycles. The van der Waals surface area contributed by atoms with Crippen molar-refractivity contribution in [2.24, 2.45) is 10.7 Å². The quantitative estimate of drug-likeness (QED) is 0.494.